The molecule has 5 heteroatoms. The molecule has 1 aliphatic heterocycles. The molecule has 21 heavy (non-hydrogen) atoms. The summed E-state index contributed by atoms with van der Waals surface area (Å²) in [4.78, 5) is 2.37. The summed E-state index contributed by atoms with van der Waals surface area (Å²) in [5, 5.41) is 6.90. The predicted molar refractivity (Wildman–Crippen MR) is 78.8 cm³/mol. The number of H-pyrrole nitrogens is 1. The zero-order valence-electron chi connectivity index (χ0n) is 12.2. The number of ether oxygens (including phenoxy) is 1. The van der Waals surface area contributed by atoms with Gasteiger partial charge in [-0.15, -0.1) is 0 Å². The average Bonchev–Trinajstić information content (AvgIpc) is 3.02. The summed E-state index contributed by atoms with van der Waals surface area (Å²) < 4.78 is 18.6. The van der Waals surface area contributed by atoms with E-state index in [2.05, 4.69) is 15.1 Å². The third kappa shape index (κ3) is 3.24. The maximum atomic E-state index is 13.7. The van der Waals surface area contributed by atoms with E-state index in [0.717, 1.165) is 38.0 Å². The lowest BCUT2D eigenvalue weighted by molar-refractivity contribution is 0.204. The molecular formula is C16H20FN3O. The van der Waals surface area contributed by atoms with Crippen molar-refractivity contribution in [3.8, 4) is 5.75 Å². The first-order chi connectivity index (χ1) is 10.3. The average molecular weight is 289 g/mol. The van der Waals surface area contributed by atoms with Gasteiger partial charge in [-0.3, -0.25) is 10.00 Å². The summed E-state index contributed by atoms with van der Waals surface area (Å²) in [7, 11) is 1.48. The van der Waals surface area contributed by atoms with Crippen molar-refractivity contribution < 1.29 is 9.13 Å². The van der Waals surface area contributed by atoms with E-state index in [0.29, 0.717) is 11.7 Å². The second kappa shape index (κ2) is 6.26. The molecule has 1 aromatic carbocycles. The van der Waals surface area contributed by atoms with E-state index >= 15 is 0 Å². The minimum atomic E-state index is -0.289. The van der Waals surface area contributed by atoms with Crippen LogP contribution in [0.3, 0.4) is 0 Å². The second-order valence-electron chi connectivity index (χ2n) is 5.55. The molecule has 0 amide bonds. The van der Waals surface area contributed by atoms with Crippen LogP contribution in [0.5, 0.6) is 5.75 Å². The van der Waals surface area contributed by atoms with Gasteiger partial charge >= 0.3 is 0 Å². The van der Waals surface area contributed by atoms with Crippen LogP contribution in [-0.4, -0.2) is 35.3 Å². The number of halogens is 1. The molecule has 0 bridgehead atoms. The monoisotopic (exact) mass is 289 g/mol. The Morgan fingerprint density at radius 3 is 2.81 bits per heavy atom. The van der Waals surface area contributed by atoms with Gasteiger partial charge in [0.2, 0.25) is 0 Å². The molecule has 1 saturated heterocycles. The highest BCUT2D eigenvalue weighted by atomic mass is 19.1. The number of hydrogen-bond acceptors (Lipinski definition) is 3. The van der Waals surface area contributed by atoms with Crippen LogP contribution in [-0.2, 0) is 6.54 Å². The van der Waals surface area contributed by atoms with E-state index < -0.39 is 0 Å². The van der Waals surface area contributed by atoms with E-state index in [4.69, 9.17) is 4.74 Å². The first-order valence-corrected chi connectivity index (χ1v) is 7.29. The number of rotatable bonds is 4. The van der Waals surface area contributed by atoms with Crippen LogP contribution >= 0.6 is 0 Å². The van der Waals surface area contributed by atoms with Gasteiger partial charge in [0.25, 0.3) is 0 Å². The van der Waals surface area contributed by atoms with Gasteiger partial charge in [-0.1, -0.05) is 6.07 Å². The first-order valence-electron chi connectivity index (χ1n) is 7.29. The maximum absolute atomic E-state index is 13.7. The van der Waals surface area contributed by atoms with Gasteiger partial charge in [0.15, 0.2) is 11.6 Å². The molecule has 2 aromatic rings. The van der Waals surface area contributed by atoms with E-state index in [1.807, 2.05) is 18.5 Å². The smallest absolute Gasteiger partial charge is 0.165 e. The van der Waals surface area contributed by atoms with Crippen LogP contribution in [0.1, 0.15) is 29.9 Å². The molecule has 1 aliphatic rings. The molecule has 0 atom stereocenters. The predicted octanol–water partition coefficient (Wildman–Crippen LogP) is 2.94. The zero-order chi connectivity index (χ0) is 14.7. The number of piperidine rings is 1. The number of benzene rings is 1. The molecule has 0 spiro atoms. The van der Waals surface area contributed by atoms with E-state index in [-0.39, 0.29) is 5.82 Å². The molecular weight excluding hydrogens is 269 g/mol. The molecule has 0 saturated carbocycles. The van der Waals surface area contributed by atoms with Gasteiger partial charge in [-0.2, -0.15) is 5.10 Å². The Bertz CT molecular complexity index is 577. The molecule has 0 unspecified atom stereocenters. The number of nitrogens with one attached hydrogen (secondary N) is 1. The summed E-state index contributed by atoms with van der Waals surface area (Å²) in [5.41, 5.74) is 2.29. The van der Waals surface area contributed by atoms with Crippen molar-refractivity contribution >= 4 is 0 Å². The second-order valence-corrected chi connectivity index (χ2v) is 5.55. The highest BCUT2D eigenvalue weighted by Gasteiger charge is 2.21. The lowest BCUT2D eigenvalue weighted by atomic mass is 9.91. The summed E-state index contributed by atoms with van der Waals surface area (Å²) >= 11 is 0. The Balaban J connectivity index is 1.57. The number of aromatic amines is 1. The summed E-state index contributed by atoms with van der Waals surface area (Å²) in [6.45, 7) is 2.85. The third-order valence-electron chi connectivity index (χ3n) is 4.20. The van der Waals surface area contributed by atoms with Gasteiger partial charge in [0.1, 0.15) is 0 Å². The fourth-order valence-corrected chi connectivity index (χ4v) is 2.97. The molecule has 3 rings (SSSR count). The molecule has 1 fully saturated rings. The zero-order valence-corrected chi connectivity index (χ0v) is 12.2. The maximum Gasteiger partial charge on any atom is 0.165 e. The lowest BCUT2D eigenvalue weighted by Gasteiger charge is -2.31. The van der Waals surface area contributed by atoms with Crippen molar-refractivity contribution in [3.05, 3.63) is 47.5 Å². The fourth-order valence-electron chi connectivity index (χ4n) is 2.97. The van der Waals surface area contributed by atoms with E-state index in [9.17, 15) is 4.39 Å². The summed E-state index contributed by atoms with van der Waals surface area (Å²) in [6.07, 6.45) is 6.15. The van der Waals surface area contributed by atoms with Crippen LogP contribution in [0.15, 0.2) is 30.6 Å². The number of nitrogens with zero attached hydrogens (tertiary/aromatic N) is 2. The van der Waals surface area contributed by atoms with Crippen LogP contribution in [0.2, 0.25) is 0 Å². The standard InChI is InChI=1S/C16H20FN3O/c1-21-16-3-2-12(8-15(16)17)11-20-6-4-13(5-7-20)14-9-18-19-10-14/h2-3,8-10,13H,4-7,11H2,1H3,(H,18,19). The molecule has 4 nitrogen and oxygen atoms in total. The minimum absolute atomic E-state index is 0.289. The fraction of sp³-hybridized carbons (Fsp3) is 0.438. The largest absolute Gasteiger partial charge is 0.494 e. The van der Waals surface area contributed by atoms with Crippen LogP contribution < -0.4 is 4.74 Å². The molecule has 0 aliphatic carbocycles. The SMILES string of the molecule is COc1ccc(CN2CCC(c3cn[nH]c3)CC2)cc1F. The molecule has 0 radical (unpaired) electrons. The van der Waals surface area contributed by atoms with Crippen molar-refractivity contribution in [2.45, 2.75) is 25.3 Å². The van der Waals surface area contributed by atoms with Crippen LogP contribution in [0.4, 0.5) is 4.39 Å². The number of likely N-dealkylation sites (tertiary alicyclic amines) is 1. The van der Waals surface area contributed by atoms with Crippen molar-refractivity contribution in [1.29, 1.82) is 0 Å². The Labute approximate surface area is 123 Å². The van der Waals surface area contributed by atoms with E-state index in [1.54, 1.807) is 12.1 Å². The quantitative estimate of drug-likeness (QED) is 0.941. The van der Waals surface area contributed by atoms with E-state index in [1.165, 1.54) is 12.7 Å². The van der Waals surface area contributed by atoms with Crippen molar-refractivity contribution in [2.75, 3.05) is 20.2 Å². The molecule has 2 heterocycles. The van der Waals surface area contributed by atoms with Crippen molar-refractivity contribution in [2.24, 2.45) is 0 Å². The highest BCUT2D eigenvalue weighted by molar-refractivity contribution is 5.29. The highest BCUT2D eigenvalue weighted by Crippen LogP contribution is 2.28. The molecule has 1 aromatic heterocycles. The normalized spacial score (nSPS) is 17.0. The van der Waals surface area contributed by atoms with Crippen LogP contribution in [0, 0.1) is 5.82 Å². The van der Waals surface area contributed by atoms with Crippen molar-refractivity contribution in [1.82, 2.24) is 15.1 Å². The van der Waals surface area contributed by atoms with Crippen molar-refractivity contribution in [3.63, 3.8) is 0 Å². The number of aromatic nitrogens is 2. The lowest BCUT2D eigenvalue weighted by Crippen LogP contribution is -2.32. The van der Waals surface area contributed by atoms with Crippen LogP contribution in [0.25, 0.3) is 0 Å². The molecule has 1 N–H and O–H groups in total. The third-order valence-corrected chi connectivity index (χ3v) is 4.20. The number of hydrogen-bond donors (Lipinski definition) is 1. The van der Waals surface area contributed by atoms with Gasteiger partial charge in [-0.05, 0) is 55.1 Å². The Morgan fingerprint density at radius 2 is 2.19 bits per heavy atom. The molecule has 112 valence electrons. The van der Waals surface area contributed by atoms with Gasteiger partial charge in [-0.25, -0.2) is 4.39 Å². The Kier molecular flexibility index (Phi) is 4.20. The summed E-state index contributed by atoms with van der Waals surface area (Å²) in [5.74, 6) is 0.605. The first kappa shape index (κ1) is 14.1. The Hall–Kier alpha value is -1.88. The Morgan fingerprint density at radius 1 is 1.38 bits per heavy atom. The van der Waals surface area contributed by atoms with Gasteiger partial charge in [0, 0.05) is 12.7 Å². The minimum Gasteiger partial charge on any atom is -0.494 e. The number of methoxy groups -OCH3 is 1. The van der Waals surface area contributed by atoms with Gasteiger partial charge in [0.05, 0.1) is 13.3 Å². The topological polar surface area (TPSA) is 41.1 Å². The van der Waals surface area contributed by atoms with Gasteiger partial charge < -0.3 is 4.74 Å². The summed E-state index contributed by atoms with van der Waals surface area (Å²) in [6, 6.07) is 5.20.